The van der Waals surface area contributed by atoms with Crippen LogP contribution in [0.1, 0.15) is 24.1 Å². The van der Waals surface area contributed by atoms with Gasteiger partial charge in [-0.2, -0.15) is 0 Å². The van der Waals surface area contributed by atoms with E-state index in [0.717, 1.165) is 22.2 Å². The lowest BCUT2D eigenvalue weighted by molar-refractivity contribution is -0.138. The normalized spacial score (nSPS) is 15.2. The number of aromatic nitrogens is 2. The van der Waals surface area contributed by atoms with Crippen LogP contribution in [-0.4, -0.2) is 29.2 Å². The number of nitrogens with one attached hydrogen (secondary N) is 1. The highest BCUT2D eigenvalue weighted by molar-refractivity contribution is 6.03. The van der Waals surface area contributed by atoms with E-state index in [-0.39, 0.29) is 12.6 Å². The first-order valence-corrected chi connectivity index (χ1v) is 10.6. The van der Waals surface area contributed by atoms with Crippen molar-refractivity contribution in [2.75, 3.05) is 19.0 Å². The van der Waals surface area contributed by atoms with Crippen molar-refractivity contribution in [2.45, 2.75) is 13.0 Å². The summed E-state index contributed by atoms with van der Waals surface area (Å²) < 4.78 is 13.3. The maximum absolute atomic E-state index is 13.4. The third-order valence-corrected chi connectivity index (χ3v) is 5.62. The van der Waals surface area contributed by atoms with Crippen LogP contribution >= 0.6 is 0 Å². The van der Waals surface area contributed by atoms with Gasteiger partial charge in [0.25, 0.3) is 0 Å². The summed E-state index contributed by atoms with van der Waals surface area (Å²) in [6, 6.07) is 25.0. The van der Waals surface area contributed by atoms with Crippen molar-refractivity contribution in [3.63, 3.8) is 0 Å². The van der Waals surface area contributed by atoms with E-state index in [1.807, 2.05) is 90.4 Å². The Bertz CT molecular complexity index is 1320. The lowest BCUT2D eigenvalue weighted by Crippen LogP contribution is -2.29. The predicted molar refractivity (Wildman–Crippen MR) is 124 cm³/mol. The highest BCUT2D eigenvalue weighted by Gasteiger charge is 2.38. The number of hydrogen-bond acceptors (Lipinski definition) is 5. The van der Waals surface area contributed by atoms with Gasteiger partial charge in [-0.25, -0.2) is 9.78 Å². The molecule has 1 aromatic heterocycles. The number of nitrogens with zero attached hydrogens (tertiary/aromatic N) is 2. The number of benzene rings is 3. The zero-order valence-corrected chi connectivity index (χ0v) is 17.9. The molecule has 0 fully saturated rings. The summed E-state index contributed by atoms with van der Waals surface area (Å²) in [5, 5.41) is 3.42. The van der Waals surface area contributed by atoms with Crippen LogP contribution in [0.4, 0.5) is 5.95 Å². The summed E-state index contributed by atoms with van der Waals surface area (Å²) in [5.41, 5.74) is 4.69. The highest BCUT2D eigenvalue weighted by atomic mass is 16.5. The van der Waals surface area contributed by atoms with Crippen LogP contribution in [-0.2, 0) is 9.53 Å². The summed E-state index contributed by atoms with van der Waals surface area (Å²) in [6.07, 6.45) is 0. The van der Waals surface area contributed by atoms with Gasteiger partial charge in [0.2, 0.25) is 5.95 Å². The number of carbonyl (C=O) groups is 1. The molecule has 0 bridgehead atoms. The molecule has 1 aliphatic rings. The van der Waals surface area contributed by atoms with Crippen molar-refractivity contribution in [2.24, 2.45) is 0 Å². The lowest BCUT2D eigenvalue weighted by Gasteiger charge is -2.32. The van der Waals surface area contributed by atoms with Crippen molar-refractivity contribution in [3.8, 4) is 5.75 Å². The van der Waals surface area contributed by atoms with Gasteiger partial charge in [-0.1, -0.05) is 60.7 Å². The van der Waals surface area contributed by atoms with E-state index < -0.39 is 6.04 Å². The van der Waals surface area contributed by atoms with Gasteiger partial charge in [0.1, 0.15) is 11.8 Å². The second kappa shape index (κ2) is 8.23. The third-order valence-electron chi connectivity index (χ3n) is 5.62. The van der Waals surface area contributed by atoms with Gasteiger partial charge in [-0.05, 0) is 30.7 Å². The molecule has 1 atom stereocenters. The Kier molecular flexibility index (Phi) is 5.11. The molecule has 0 amide bonds. The number of methoxy groups -OCH3 is 1. The summed E-state index contributed by atoms with van der Waals surface area (Å²) in [4.78, 5) is 18.3. The summed E-state index contributed by atoms with van der Waals surface area (Å²) in [7, 11) is 1.64. The number of rotatable bonds is 5. The van der Waals surface area contributed by atoms with Gasteiger partial charge < -0.3 is 14.8 Å². The molecule has 6 nitrogen and oxygen atoms in total. The van der Waals surface area contributed by atoms with Gasteiger partial charge >= 0.3 is 5.97 Å². The van der Waals surface area contributed by atoms with E-state index in [9.17, 15) is 4.79 Å². The predicted octanol–water partition coefficient (Wildman–Crippen LogP) is 5.03. The lowest BCUT2D eigenvalue weighted by atomic mass is 9.91. The van der Waals surface area contributed by atoms with Gasteiger partial charge in [0.15, 0.2) is 0 Å². The number of hydrogen-bond donors (Lipinski definition) is 1. The van der Waals surface area contributed by atoms with Crippen LogP contribution < -0.4 is 10.1 Å². The Balaban J connectivity index is 1.86. The third kappa shape index (κ3) is 3.21. The van der Waals surface area contributed by atoms with Gasteiger partial charge in [0.05, 0.1) is 36.0 Å². The summed E-state index contributed by atoms with van der Waals surface area (Å²) in [5.74, 6) is 0.976. The smallest absolute Gasteiger partial charge is 0.338 e. The SMILES string of the molecule is CCOC(=O)C1=C(c2ccccc2)Nc2nc3ccccc3n2C1c1ccccc1OC. The molecule has 0 saturated carbocycles. The van der Waals surface area contributed by atoms with Crippen LogP contribution in [0.5, 0.6) is 5.75 Å². The topological polar surface area (TPSA) is 65.4 Å². The molecule has 1 N–H and O–H groups in total. The molecule has 0 saturated heterocycles. The Morgan fingerprint density at radius 1 is 1.00 bits per heavy atom. The number of esters is 1. The molecular formula is C26H23N3O3. The Morgan fingerprint density at radius 2 is 1.72 bits per heavy atom. The Labute approximate surface area is 186 Å². The first kappa shape index (κ1) is 19.9. The molecular weight excluding hydrogens is 402 g/mol. The minimum absolute atomic E-state index is 0.278. The second-order valence-corrected chi connectivity index (χ2v) is 7.44. The van der Waals surface area contributed by atoms with Crippen LogP contribution in [0.3, 0.4) is 0 Å². The van der Waals surface area contributed by atoms with Gasteiger partial charge in [-0.15, -0.1) is 0 Å². The molecule has 0 radical (unpaired) electrons. The fourth-order valence-electron chi connectivity index (χ4n) is 4.28. The average Bonchev–Trinajstić information content (AvgIpc) is 3.22. The van der Waals surface area contributed by atoms with Crippen molar-refractivity contribution < 1.29 is 14.3 Å². The largest absolute Gasteiger partial charge is 0.496 e. The van der Waals surface area contributed by atoms with E-state index in [1.165, 1.54) is 0 Å². The van der Waals surface area contributed by atoms with E-state index >= 15 is 0 Å². The molecule has 5 rings (SSSR count). The monoisotopic (exact) mass is 425 g/mol. The fraction of sp³-hybridized carbons (Fsp3) is 0.154. The van der Waals surface area contributed by atoms with Gasteiger partial charge in [-0.3, -0.25) is 4.57 Å². The van der Waals surface area contributed by atoms with Crippen molar-refractivity contribution >= 4 is 28.6 Å². The molecule has 6 heteroatoms. The molecule has 0 aliphatic carbocycles. The van der Waals surface area contributed by atoms with Crippen LogP contribution in [0.25, 0.3) is 16.7 Å². The standard InChI is InChI=1S/C26H23N3O3/c1-3-32-25(30)22-23(17-11-5-4-6-12-17)28-26-27-19-14-8-9-15-20(19)29(26)24(22)18-13-7-10-16-21(18)31-2/h4-16,24H,3H2,1-2H3,(H,27,28). The van der Waals surface area contributed by atoms with Crippen molar-refractivity contribution in [1.29, 1.82) is 0 Å². The zero-order chi connectivity index (χ0) is 22.1. The van der Waals surface area contributed by atoms with E-state index in [2.05, 4.69) is 5.32 Å². The maximum atomic E-state index is 13.4. The van der Waals surface area contributed by atoms with E-state index in [4.69, 9.17) is 14.5 Å². The molecule has 4 aromatic rings. The Hall–Kier alpha value is -4.06. The average molecular weight is 425 g/mol. The zero-order valence-electron chi connectivity index (χ0n) is 17.9. The number of para-hydroxylation sites is 3. The first-order chi connectivity index (χ1) is 15.7. The molecule has 160 valence electrons. The number of carbonyl (C=O) groups excluding carboxylic acids is 1. The number of anilines is 1. The number of fused-ring (bicyclic) bond motifs is 3. The molecule has 3 aromatic carbocycles. The number of ether oxygens (including phenoxy) is 2. The molecule has 0 spiro atoms. The number of imidazole rings is 1. The quantitative estimate of drug-likeness (QED) is 0.454. The molecule has 32 heavy (non-hydrogen) atoms. The first-order valence-electron chi connectivity index (χ1n) is 10.6. The van der Waals surface area contributed by atoms with Crippen LogP contribution in [0.15, 0.2) is 84.4 Å². The van der Waals surface area contributed by atoms with Crippen LogP contribution in [0, 0.1) is 0 Å². The highest BCUT2D eigenvalue weighted by Crippen LogP contribution is 2.44. The molecule has 2 heterocycles. The van der Waals surface area contributed by atoms with E-state index in [0.29, 0.717) is 23.0 Å². The summed E-state index contributed by atoms with van der Waals surface area (Å²) in [6.45, 7) is 2.09. The minimum Gasteiger partial charge on any atom is -0.496 e. The minimum atomic E-state index is -0.482. The molecule has 1 aliphatic heterocycles. The summed E-state index contributed by atoms with van der Waals surface area (Å²) >= 11 is 0. The van der Waals surface area contributed by atoms with Crippen LogP contribution in [0.2, 0.25) is 0 Å². The van der Waals surface area contributed by atoms with Crippen molar-refractivity contribution in [1.82, 2.24) is 9.55 Å². The second-order valence-electron chi connectivity index (χ2n) is 7.44. The Morgan fingerprint density at radius 3 is 2.50 bits per heavy atom. The maximum Gasteiger partial charge on any atom is 0.338 e. The van der Waals surface area contributed by atoms with Crippen molar-refractivity contribution in [3.05, 3.63) is 95.6 Å². The van der Waals surface area contributed by atoms with Gasteiger partial charge in [0, 0.05) is 5.56 Å². The van der Waals surface area contributed by atoms with E-state index in [1.54, 1.807) is 7.11 Å². The molecule has 1 unspecified atom stereocenters. The fourth-order valence-corrected chi connectivity index (χ4v) is 4.28.